The van der Waals surface area contributed by atoms with Crippen LogP contribution in [-0.2, 0) is 5.54 Å². The third-order valence-corrected chi connectivity index (χ3v) is 3.98. The van der Waals surface area contributed by atoms with E-state index in [0.29, 0.717) is 0 Å². The Hall–Kier alpha value is -0.740. The summed E-state index contributed by atoms with van der Waals surface area (Å²) < 4.78 is 11.8. The largest absolute Gasteiger partial charge is 0.493 e. The topological polar surface area (TPSA) is 44.5 Å². The number of benzene rings is 1. The highest BCUT2D eigenvalue weighted by molar-refractivity contribution is 9.10. The number of ether oxygens (including phenoxy) is 2. The molecule has 0 bridgehead atoms. The Bertz CT molecular complexity index is 428. The van der Waals surface area contributed by atoms with E-state index in [-0.39, 0.29) is 5.54 Å². The van der Waals surface area contributed by atoms with Gasteiger partial charge >= 0.3 is 0 Å². The van der Waals surface area contributed by atoms with Crippen molar-refractivity contribution < 1.29 is 9.47 Å². The van der Waals surface area contributed by atoms with E-state index in [1.807, 2.05) is 13.0 Å². The van der Waals surface area contributed by atoms with Crippen molar-refractivity contribution in [1.29, 1.82) is 0 Å². The van der Waals surface area contributed by atoms with E-state index in [1.54, 1.807) is 14.2 Å². The average Bonchev–Trinajstić information content (AvgIpc) is 3.00. The molecule has 1 aliphatic rings. The van der Waals surface area contributed by atoms with E-state index >= 15 is 0 Å². The number of hydrogen-bond acceptors (Lipinski definition) is 3. The molecule has 1 aliphatic carbocycles. The molecule has 2 rings (SSSR count). The maximum atomic E-state index is 6.28. The monoisotopic (exact) mass is 285 g/mol. The number of nitrogens with two attached hydrogens (primary N) is 1. The first kappa shape index (κ1) is 11.7. The zero-order valence-electron chi connectivity index (χ0n) is 9.76. The molecule has 1 saturated carbocycles. The van der Waals surface area contributed by atoms with Gasteiger partial charge in [-0.15, -0.1) is 0 Å². The molecule has 0 aromatic heterocycles. The maximum absolute atomic E-state index is 6.28. The van der Waals surface area contributed by atoms with Gasteiger partial charge in [0.05, 0.1) is 14.2 Å². The van der Waals surface area contributed by atoms with Gasteiger partial charge in [0.15, 0.2) is 11.5 Å². The predicted molar refractivity (Wildman–Crippen MR) is 67.1 cm³/mol. The van der Waals surface area contributed by atoms with Crippen molar-refractivity contribution in [3.05, 3.63) is 21.7 Å². The maximum Gasteiger partial charge on any atom is 0.166 e. The van der Waals surface area contributed by atoms with Crippen LogP contribution in [0.4, 0.5) is 0 Å². The third kappa shape index (κ3) is 1.70. The summed E-state index contributed by atoms with van der Waals surface area (Å²) in [7, 11) is 3.29. The molecule has 0 unspecified atom stereocenters. The van der Waals surface area contributed by atoms with Crippen molar-refractivity contribution in [2.75, 3.05) is 14.2 Å². The molecule has 0 heterocycles. The number of hydrogen-bond donors (Lipinski definition) is 1. The zero-order valence-corrected chi connectivity index (χ0v) is 11.3. The van der Waals surface area contributed by atoms with Gasteiger partial charge in [-0.1, -0.05) is 15.9 Å². The van der Waals surface area contributed by atoms with Crippen molar-refractivity contribution in [3.63, 3.8) is 0 Å². The van der Waals surface area contributed by atoms with Gasteiger partial charge in [-0.3, -0.25) is 0 Å². The predicted octanol–water partition coefficient (Wildman–Crippen LogP) is 2.72. The van der Waals surface area contributed by atoms with E-state index in [1.165, 1.54) is 0 Å². The van der Waals surface area contributed by atoms with E-state index in [2.05, 4.69) is 15.9 Å². The lowest BCUT2D eigenvalue weighted by molar-refractivity contribution is 0.348. The molecule has 0 saturated heterocycles. The van der Waals surface area contributed by atoms with Gasteiger partial charge in [-0.25, -0.2) is 0 Å². The van der Waals surface area contributed by atoms with Crippen LogP contribution in [0.1, 0.15) is 24.0 Å². The Morgan fingerprint density at radius 3 is 2.38 bits per heavy atom. The van der Waals surface area contributed by atoms with Crippen molar-refractivity contribution >= 4 is 15.9 Å². The van der Waals surface area contributed by atoms with Gasteiger partial charge in [0, 0.05) is 15.6 Å². The molecule has 1 fully saturated rings. The molecule has 0 atom stereocenters. The molecular weight excluding hydrogens is 270 g/mol. The van der Waals surface area contributed by atoms with Crippen molar-refractivity contribution in [3.8, 4) is 11.5 Å². The molecule has 3 nitrogen and oxygen atoms in total. The normalized spacial score (nSPS) is 17.1. The van der Waals surface area contributed by atoms with Crippen molar-refractivity contribution in [2.45, 2.75) is 25.3 Å². The summed E-state index contributed by atoms with van der Waals surface area (Å²) in [5.74, 6) is 1.50. The smallest absolute Gasteiger partial charge is 0.166 e. The lowest BCUT2D eigenvalue weighted by atomic mass is 9.98. The lowest BCUT2D eigenvalue weighted by Gasteiger charge is -2.20. The standard InChI is InChI=1S/C12H16BrNO2/c1-7-8(13)6-9(15-2)11(16-3)10(7)12(14)4-5-12/h6H,4-5,14H2,1-3H3. The summed E-state index contributed by atoms with van der Waals surface area (Å²) in [6.07, 6.45) is 2.01. The van der Waals surface area contributed by atoms with Crippen LogP contribution in [0.15, 0.2) is 10.5 Å². The summed E-state index contributed by atoms with van der Waals surface area (Å²) in [5.41, 5.74) is 8.26. The summed E-state index contributed by atoms with van der Waals surface area (Å²) in [6.45, 7) is 2.05. The van der Waals surface area contributed by atoms with Gasteiger partial charge in [0.25, 0.3) is 0 Å². The van der Waals surface area contributed by atoms with Gasteiger partial charge in [0.2, 0.25) is 0 Å². The molecule has 0 radical (unpaired) electrons. The second-order valence-electron chi connectivity index (χ2n) is 4.25. The highest BCUT2D eigenvalue weighted by atomic mass is 79.9. The molecule has 2 N–H and O–H groups in total. The second-order valence-corrected chi connectivity index (χ2v) is 5.10. The fourth-order valence-electron chi connectivity index (χ4n) is 2.04. The Morgan fingerprint density at radius 2 is 1.94 bits per heavy atom. The van der Waals surface area contributed by atoms with Gasteiger partial charge < -0.3 is 15.2 Å². The molecule has 0 aliphatic heterocycles. The first-order chi connectivity index (χ1) is 7.53. The fourth-order valence-corrected chi connectivity index (χ4v) is 2.45. The summed E-state index contributed by atoms with van der Waals surface area (Å²) in [4.78, 5) is 0. The fraction of sp³-hybridized carbons (Fsp3) is 0.500. The summed E-state index contributed by atoms with van der Waals surface area (Å²) >= 11 is 3.53. The quantitative estimate of drug-likeness (QED) is 0.929. The highest BCUT2D eigenvalue weighted by Crippen LogP contribution is 2.52. The minimum absolute atomic E-state index is 0.230. The molecule has 1 aromatic rings. The Balaban J connectivity index is 2.67. The molecule has 1 aromatic carbocycles. The first-order valence-electron chi connectivity index (χ1n) is 5.24. The van der Waals surface area contributed by atoms with Crippen LogP contribution in [0, 0.1) is 6.92 Å². The molecule has 88 valence electrons. The molecule has 4 heteroatoms. The molecule has 0 spiro atoms. The summed E-state index contributed by atoms with van der Waals surface area (Å²) in [6, 6.07) is 1.92. The van der Waals surface area contributed by atoms with E-state index in [4.69, 9.17) is 15.2 Å². The Morgan fingerprint density at radius 1 is 1.31 bits per heavy atom. The number of rotatable bonds is 3. The van der Waals surface area contributed by atoms with Gasteiger partial charge in [-0.2, -0.15) is 0 Å². The molecule has 0 amide bonds. The average molecular weight is 286 g/mol. The van der Waals surface area contributed by atoms with E-state index in [0.717, 1.165) is 39.9 Å². The Kier molecular flexibility index (Phi) is 2.88. The SMILES string of the molecule is COc1cc(Br)c(C)c(C2(N)CC2)c1OC. The van der Waals surface area contributed by atoms with Crippen LogP contribution >= 0.6 is 15.9 Å². The van der Waals surface area contributed by atoms with Gasteiger partial charge in [-0.05, 0) is 31.4 Å². The van der Waals surface area contributed by atoms with Crippen LogP contribution in [0.3, 0.4) is 0 Å². The first-order valence-corrected chi connectivity index (χ1v) is 6.03. The summed E-state index contributed by atoms with van der Waals surface area (Å²) in [5, 5.41) is 0. The molecular formula is C12H16BrNO2. The van der Waals surface area contributed by atoms with Crippen molar-refractivity contribution in [1.82, 2.24) is 0 Å². The van der Waals surface area contributed by atoms with Crippen LogP contribution in [-0.4, -0.2) is 14.2 Å². The third-order valence-electron chi connectivity index (χ3n) is 3.15. The zero-order chi connectivity index (χ0) is 11.9. The Labute approximate surface area is 104 Å². The number of methoxy groups -OCH3 is 2. The minimum atomic E-state index is -0.230. The highest BCUT2D eigenvalue weighted by Gasteiger charge is 2.44. The minimum Gasteiger partial charge on any atom is -0.493 e. The van der Waals surface area contributed by atoms with Crippen LogP contribution in [0.25, 0.3) is 0 Å². The number of halogens is 1. The van der Waals surface area contributed by atoms with Gasteiger partial charge in [0.1, 0.15) is 0 Å². The second kappa shape index (κ2) is 3.93. The van der Waals surface area contributed by atoms with Crippen LogP contribution in [0.2, 0.25) is 0 Å². The van der Waals surface area contributed by atoms with Crippen LogP contribution in [0.5, 0.6) is 11.5 Å². The van der Waals surface area contributed by atoms with E-state index < -0.39 is 0 Å². The molecule has 16 heavy (non-hydrogen) atoms. The van der Waals surface area contributed by atoms with E-state index in [9.17, 15) is 0 Å². The van der Waals surface area contributed by atoms with Crippen molar-refractivity contribution in [2.24, 2.45) is 5.73 Å². The van der Waals surface area contributed by atoms with Crippen LogP contribution < -0.4 is 15.2 Å². The lowest BCUT2D eigenvalue weighted by Crippen LogP contribution is -2.21.